The molecule has 1 saturated heterocycles. The van der Waals surface area contributed by atoms with Gasteiger partial charge in [0.2, 0.25) is 0 Å². The second kappa shape index (κ2) is 6.95. The molecule has 1 aliphatic heterocycles. The number of aliphatic carboxylic acids is 1. The Kier molecular flexibility index (Phi) is 5.84. The molecule has 1 rings (SSSR count). The molecule has 0 aliphatic carbocycles. The van der Waals surface area contributed by atoms with Crippen molar-refractivity contribution in [3.05, 3.63) is 0 Å². The molecule has 4 atom stereocenters. The molecule has 5 nitrogen and oxygen atoms in total. The first kappa shape index (κ1) is 16.8. The number of carbonyl (C=O) groups excluding carboxylic acids is 1. The van der Waals surface area contributed by atoms with Crippen molar-refractivity contribution in [2.45, 2.75) is 47.1 Å². The molecule has 0 bridgehead atoms. The van der Waals surface area contributed by atoms with Crippen molar-refractivity contribution < 1.29 is 14.7 Å². The van der Waals surface area contributed by atoms with Crippen molar-refractivity contribution in [1.82, 2.24) is 9.80 Å². The van der Waals surface area contributed by atoms with E-state index in [1.54, 1.807) is 11.8 Å². The maximum absolute atomic E-state index is 12.6. The van der Waals surface area contributed by atoms with Crippen molar-refractivity contribution >= 4 is 12.0 Å². The molecule has 1 N–H and O–H groups in total. The van der Waals surface area contributed by atoms with Crippen molar-refractivity contribution in [2.24, 2.45) is 17.8 Å². The molecule has 0 aromatic heterocycles. The Balaban J connectivity index is 2.76. The third-order valence-corrected chi connectivity index (χ3v) is 4.41. The number of amides is 2. The SMILES string of the molecule is CCN(CC(C)C(=O)O)C(=O)N1CC(C)CC(C)C1C. The fourth-order valence-corrected chi connectivity index (χ4v) is 2.90. The van der Waals surface area contributed by atoms with Crippen LogP contribution in [-0.4, -0.2) is 52.6 Å². The lowest BCUT2D eigenvalue weighted by atomic mass is 9.86. The summed E-state index contributed by atoms with van der Waals surface area (Å²) < 4.78 is 0. The smallest absolute Gasteiger partial charge is 0.320 e. The van der Waals surface area contributed by atoms with Crippen LogP contribution in [0.15, 0.2) is 0 Å². The molecule has 1 fully saturated rings. The summed E-state index contributed by atoms with van der Waals surface area (Å²) in [5.74, 6) is -0.405. The second-order valence-corrected chi connectivity index (χ2v) is 6.27. The Hall–Kier alpha value is -1.26. The Morgan fingerprint density at radius 1 is 1.35 bits per heavy atom. The Bertz CT molecular complexity index is 359. The highest BCUT2D eigenvalue weighted by atomic mass is 16.4. The third-order valence-electron chi connectivity index (χ3n) is 4.41. The van der Waals surface area contributed by atoms with Gasteiger partial charge in [0.05, 0.1) is 5.92 Å². The lowest BCUT2D eigenvalue weighted by Crippen LogP contribution is -2.54. The number of piperidine rings is 1. The molecule has 2 amide bonds. The number of urea groups is 1. The second-order valence-electron chi connectivity index (χ2n) is 6.27. The van der Waals surface area contributed by atoms with Crippen LogP contribution in [-0.2, 0) is 4.79 Å². The van der Waals surface area contributed by atoms with Crippen LogP contribution < -0.4 is 0 Å². The van der Waals surface area contributed by atoms with Gasteiger partial charge < -0.3 is 14.9 Å². The molecule has 1 aliphatic rings. The van der Waals surface area contributed by atoms with Gasteiger partial charge >= 0.3 is 12.0 Å². The zero-order valence-corrected chi connectivity index (χ0v) is 13.3. The van der Waals surface area contributed by atoms with E-state index in [1.807, 2.05) is 11.8 Å². The minimum Gasteiger partial charge on any atom is -0.481 e. The quantitative estimate of drug-likeness (QED) is 0.863. The van der Waals surface area contributed by atoms with E-state index in [0.29, 0.717) is 18.4 Å². The Labute approximate surface area is 121 Å². The molecular weight excluding hydrogens is 256 g/mol. The highest BCUT2D eigenvalue weighted by molar-refractivity contribution is 5.76. The zero-order chi connectivity index (χ0) is 15.4. The van der Waals surface area contributed by atoms with E-state index in [4.69, 9.17) is 5.11 Å². The fourth-order valence-electron chi connectivity index (χ4n) is 2.90. The largest absolute Gasteiger partial charge is 0.481 e. The first-order chi connectivity index (χ1) is 9.27. The average Bonchev–Trinajstić information content (AvgIpc) is 2.38. The molecule has 4 unspecified atom stereocenters. The summed E-state index contributed by atoms with van der Waals surface area (Å²) in [5.41, 5.74) is 0. The van der Waals surface area contributed by atoms with Gasteiger partial charge in [0.15, 0.2) is 0 Å². The molecule has 0 spiro atoms. The van der Waals surface area contributed by atoms with Crippen LogP contribution in [0.5, 0.6) is 0 Å². The van der Waals surface area contributed by atoms with Crippen LogP contribution in [0.25, 0.3) is 0 Å². The summed E-state index contributed by atoms with van der Waals surface area (Å²) in [6, 6.07) is 0.194. The number of hydrogen-bond donors (Lipinski definition) is 1. The number of nitrogens with zero attached hydrogens (tertiary/aromatic N) is 2. The van der Waals surface area contributed by atoms with Gasteiger partial charge in [0.25, 0.3) is 0 Å². The summed E-state index contributed by atoms with van der Waals surface area (Å²) in [4.78, 5) is 27.2. The van der Waals surface area contributed by atoms with E-state index in [9.17, 15) is 9.59 Å². The standard InChI is InChI=1S/C15H28N2O3/c1-6-16(9-12(4)14(18)19)15(20)17-8-10(2)7-11(3)13(17)5/h10-13H,6-9H2,1-5H3,(H,18,19). The van der Waals surface area contributed by atoms with E-state index in [1.165, 1.54) is 0 Å². The summed E-state index contributed by atoms with van der Waals surface area (Å²) in [7, 11) is 0. The van der Waals surface area contributed by atoms with Crippen LogP contribution in [0.3, 0.4) is 0 Å². The van der Waals surface area contributed by atoms with E-state index in [-0.39, 0.29) is 18.6 Å². The monoisotopic (exact) mass is 284 g/mol. The number of likely N-dealkylation sites (tertiary alicyclic amines) is 1. The van der Waals surface area contributed by atoms with Gasteiger partial charge in [0, 0.05) is 25.7 Å². The van der Waals surface area contributed by atoms with Crippen molar-refractivity contribution in [1.29, 1.82) is 0 Å². The van der Waals surface area contributed by atoms with E-state index < -0.39 is 11.9 Å². The molecule has 0 aromatic carbocycles. The normalized spacial score (nSPS) is 28.1. The molecular formula is C15H28N2O3. The van der Waals surface area contributed by atoms with Gasteiger partial charge in [-0.2, -0.15) is 0 Å². The van der Waals surface area contributed by atoms with Crippen molar-refractivity contribution in [3.63, 3.8) is 0 Å². The predicted octanol–water partition coefficient (Wildman–Crippen LogP) is 2.52. The number of hydrogen-bond acceptors (Lipinski definition) is 2. The molecule has 0 saturated carbocycles. The topological polar surface area (TPSA) is 60.9 Å². The average molecular weight is 284 g/mol. The maximum Gasteiger partial charge on any atom is 0.320 e. The van der Waals surface area contributed by atoms with Crippen molar-refractivity contribution in [2.75, 3.05) is 19.6 Å². The summed E-state index contributed by atoms with van der Waals surface area (Å²) in [6.07, 6.45) is 1.14. The van der Waals surface area contributed by atoms with Crippen LogP contribution in [0, 0.1) is 17.8 Å². The fraction of sp³-hybridized carbons (Fsp3) is 0.867. The number of carboxylic acids is 1. The van der Waals surface area contributed by atoms with E-state index in [0.717, 1.165) is 13.0 Å². The third kappa shape index (κ3) is 3.87. The maximum atomic E-state index is 12.6. The van der Waals surface area contributed by atoms with Gasteiger partial charge in [-0.15, -0.1) is 0 Å². The van der Waals surface area contributed by atoms with E-state index >= 15 is 0 Å². The zero-order valence-electron chi connectivity index (χ0n) is 13.3. The Morgan fingerprint density at radius 2 is 1.95 bits per heavy atom. The molecule has 20 heavy (non-hydrogen) atoms. The predicted molar refractivity (Wildman–Crippen MR) is 78.6 cm³/mol. The van der Waals surface area contributed by atoms with Gasteiger partial charge in [-0.25, -0.2) is 4.79 Å². The van der Waals surface area contributed by atoms with Crippen molar-refractivity contribution in [3.8, 4) is 0 Å². The van der Waals surface area contributed by atoms with Crippen LogP contribution in [0.2, 0.25) is 0 Å². The summed E-state index contributed by atoms with van der Waals surface area (Å²) >= 11 is 0. The van der Waals surface area contributed by atoms with Gasteiger partial charge in [0.1, 0.15) is 0 Å². The lowest BCUT2D eigenvalue weighted by molar-refractivity contribution is -0.141. The van der Waals surface area contributed by atoms with Gasteiger partial charge in [-0.3, -0.25) is 4.79 Å². The van der Waals surface area contributed by atoms with Crippen LogP contribution in [0.4, 0.5) is 4.79 Å². The number of carbonyl (C=O) groups is 2. The van der Waals surface area contributed by atoms with Crippen LogP contribution in [0.1, 0.15) is 41.0 Å². The highest BCUT2D eigenvalue weighted by Crippen LogP contribution is 2.27. The summed E-state index contributed by atoms with van der Waals surface area (Å²) in [6.45, 7) is 11.6. The number of carboxylic acid groups (broad SMARTS) is 1. The highest BCUT2D eigenvalue weighted by Gasteiger charge is 2.34. The molecule has 0 radical (unpaired) electrons. The first-order valence-corrected chi connectivity index (χ1v) is 7.56. The minimum absolute atomic E-state index is 0.0218. The first-order valence-electron chi connectivity index (χ1n) is 7.56. The molecule has 116 valence electrons. The van der Waals surface area contributed by atoms with Gasteiger partial charge in [-0.1, -0.05) is 20.8 Å². The Morgan fingerprint density at radius 3 is 2.45 bits per heavy atom. The van der Waals surface area contributed by atoms with Crippen LogP contribution >= 0.6 is 0 Å². The molecule has 1 heterocycles. The number of rotatable bonds is 4. The summed E-state index contributed by atoms with van der Waals surface area (Å²) in [5, 5.41) is 9.00. The van der Waals surface area contributed by atoms with Gasteiger partial charge in [-0.05, 0) is 32.1 Å². The lowest BCUT2D eigenvalue weighted by Gasteiger charge is -2.43. The molecule has 0 aromatic rings. The minimum atomic E-state index is -0.857. The molecule has 5 heteroatoms. The van der Waals surface area contributed by atoms with E-state index in [2.05, 4.69) is 20.8 Å².